The smallest absolute Gasteiger partial charge is 0.341 e. The van der Waals surface area contributed by atoms with Crippen molar-refractivity contribution in [2.45, 2.75) is 152 Å². The van der Waals surface area contributed by atoms with E-state index < -0.39 is 77.8 Å². The van der Waals surface area contributed by atoms with Crippen LogP contribution in [0, 0.1) is 11.8 Å². The van der Waals surface area contributed by atoms with Gasteiger partial charge in [-0.15, -0.1) is 0 Å². The zero-order valence-electron chi connectivity index (χ0n) is 27.4. The number of Topliss-reactive ketones (excluding diaryl/α,β-unsaturated/α-hetero) is 2. The van der Waals surface area contributed by atoms with Gasteiger partial charge in [0.1, 0.15) is 48.8 Å². The van der Waals surface area contributed by atoms with Gasteiger partial charge >= 0.3 is 17.1 Å². The van der Waals surface area contributed by atoms with Crippen molar-refractivity contribution in [1.82, 2.24) is 0 Å². The molecule has 0 amide bonds. The molecule has 3 aliphatic carbocycles. The standard InChI is InChI=1S/C32H48O10Si2/c1-11(2)43(35,12(3)4)41-27-21-19(23(33)29-31(27)39-29)17-15(9)37-25(21)26-22-20(18(17)16(10)38-26)24(34)30-32(40-30)28(22)42-44(36,13(5)6)14(7)8/h11-18,25-32,35-36H,1-10H3/t15-,16-,17+,18+,25+,26+,27+,28+,29+,30+,31-,32-/m1/s1. The number of carbonyl (C=O) groups excluding carboxylic acids is 2. The molecule has 0 aromatic carbocycles. The molecule has 44 heavy (non-hydrogen) atoms. The predicted molar refractivity (Wildman–Crippen MR) is 163 cm³/mol. The molecule has 4 heterocycles. The van der Waals surface area contributed by atoms with Crippen LogP contribution in [-0.4, -0.2) is 99.3 Å². The van der Waals surface area contributed by atoms with E-state index in [0.717, 1.165) is 0 Å². The molecule has 0 unspecified atom stereocenters. The van der Waals surface area contributed by atoms with Crippen molar-refractivity contribution in [2.24, 2.45) is 11.8 Å². The van der Waals surface area contributed by atoms with Crippen LogP contribution >= 0.6 is 0 Å². The molecule has 12 heteroatoms. The molecule has 0 radical (unpaired) electrons. The lowest BCUT2D eigenvalue weighted by Gasteiger charge is -2.56. The number of epoxide rings is 2. The highest BCUT2D eigenvalue weighted by molar-refractivity contribution is 6.69. The Balaban J connectivity index is 1.40. The number of rotatable bonds is 8. The van der Waals surface area contributed by atoms with Gasteiger partial charge in [0.2, 0.25) is 0 Å². The first kappa shape index (κ1) is 31.5. The Morgan fingerprint density at radius 1 is 0.568 bits per heavy atom. The van der Waals surface area contributed by atoms with Crippen LogP contribution in [0.15, 0.2) is 22.3 Å². The maximum Gasteiger partial charge on any atom is 0.341 e. The first-order valence-electron chi connectivity index (χ1n) is 16.5. The van der Waals surface area contributed by atoms with Crippen LogP contribution in [0.2, 0.25) is 22.2 Å². The summed E-state index contributed by atoms with van der Waals surface area (Å²) in [5, 5.41) is 0. The second-order valence-corrected chi connectivity index (χ2v) is 23.4. The predicted octanol–water partition coefficient (Wildman–Crippen LogP) is 3.38. The van der Waals surface area contributed by atoms with E-state index in [0.29, 0.717) is 22.3 Å². The largest absolute Gasteiger partial charge is 0.410 e. The highest BCUT2D eigenvalue weighted by atomic mass is 28.4. The topological polar surface area (TPSA) is 137 Å². The summed E-state index contributed by atoms with van der Waals surface area (Å²) in [4.78, 5) is 52.1. The van der Waals surface area contributed by atoms with Crippen LogP contribution in [0.25, 0.3) is 0 Å². The van der Waals surface area contributed by atoms with Crippen molar-refractivity contribution >= 4 is 28.7 Å². The van der Waals surface area contributed by atoms with Crippen molar-refractivity contribution in [3.63, 3.8) is 0 Å². The summed E-state index contributed by atoms with van der Waals surface area (Å²) in [5.41, 5.74) is 2.23. The number of carbonyl (C=O) groups is 2. The average molecular weight is 649 g/mol. The van der Waals surface area contributed by atoms with Crippen molar-refractivity contribution in [3.05, 3.63) is 22.3 Å². The molecule has 0 saturated carbocycles. The van der Waals surface area contributed by atoms with Gasteiger partial charge in [0.05, 0.1) is 12.2 Å². The molecule has 12 atom stereocenters. The third kappa shape index (κ3) is 4.18. The van der Waals surface area contributed by atoms with Gasteiger partial charge in [-0.2, -0.15) is 0 Å². The zero-order valence-corrected chi connectivity index (χ0v) is 29.4. The van der Waals surface area contributed by atoms with Crippen LogP contribution in [0.5, 0.6) is 0 Å². The summed E-state index contributed by atoms with van der Waals surface area (Å²) >= 11 is 0. The number of fused-ring (bicyclic) bond motifs is 4. The molecular formula is C32H48O10Si2. The molecule has 0 aromatic heterocycles. The lowest BCUT2D eigenvalue weighted by Crippen LogP contribution is -2.64. The van der Waals surface area contributed by atoms with Gasteiger partial charge in [0, 0.05) is 23.0 Å². The van der Waals surface area contributed by atoms with E-state index in [9.17, 15) is 19.2 Å². The number of hydrogen-bond acceptors (Lipinski definition) is 10. The van der Waals surface area contributed by atoms with Crippen LogP contribution in [0.3, 0.4) is 0 Å². The van der Waals surface area contributed by atoms with Gasteiger partial charge in [-0.1, -0.05) is 55.4 Å². The lowest BCUT2D eigenvalue weighted by molar-refractivity contribution is -0.177. The van der Waals surface area contributed by atoms with Gasteiger partial charge in [-0.05, 0) is 47.2 Å². The molecule has 0 aromatic rings. The summed E-state index contributed by atoms with van der Waals surface area (Å²) in [6.07, 6.45) is -5.86. The van der Waals surface area contributed by atoms with Crippen molar-refractivity contribution < 1.29 is 47.0 Å². The third-order valence-corrected chi connectivity index (χ3v) is 19.4. The van der Waals surface area contributed by atoms with E-state index in [-0.39, 0.29) is 45.9 Å². The zero-order chi connectivity index (χ0) is 31.9. The average Bonchev–Trinajstić information content (AvgIpc) is 3.85. The Morgan fingerprint density at radius 3 is 1.18 bits per heavy atom. The maximum atomic E-state index is 14.1. The summed E-state index contributed by atoms with van der Waals surface area (Å²) in [5.74, 6) is -1.11. The quantitative estimate of drug-likeness (QED) is 0.298. The number of hydrogen-bond donors (Lipinski definition) is 2. The Hall–Kier alpha value is -1.07. The van der Waals surface area contributed by atoms with E-state index in [4.69, 9.17) is 27.8 Å². The monoisotopic (exact) mass is 648 g/mol. The Labute approximate surface area is 261 Å². The second-order valence-electron chi connectivity index (χ2n) is 15.3. The summed E-state index contributed by atoms with van der Waals surface area (Å²) < 4.78 is 39.2. The fraction of sp³-hybridized carbons (Fsp3) is 0.812. The molecule has 2 N–H and O–H groups in total. The fourth-order valence-corrected chi connectivity index (χ4v) is 14.0. The van der Waals surface area contributed by atoms with Crippen LogP contribution in [-0.2, 0) is 37.4 Å². The molecule has 7 rings (SSSR count). The van der Waals surface area contributed by atoms with Crippen LogP contribution < -0.4 is 0 Å². The molecule has 0 spiro atoms. The number of ether oxygens (including phenoxy) is 4. The Kier molecular flexibility index (Phi) is 7.32. The first-order chi connectivity index (χ1) is 20.5. The van der Waals surface area contributed by atoms with Gasteiger partial charge < -0.3 is 37.4 Å². The normalized spacial score (nSPS) is 42.6. The van der Waals surface area contributed by atoms with Gasteiger partial charge in [-0.25, -0.2) is 0 Å². The molecule has 244 valence electrons. The second kappa shape index (κ2) is 10.2. The van der Waals surface area contributed by atoms with Crippen molar-refractivity contribution in [2.75, 3.05) is 0 Å². The molecular weight excluding hydrogens is 601 g/mol. The molecule has 10 nitrogen and oxygen atoms in total. The lowest BCUT2D eigenvalue weighted by atomic mass is 9.60. The molecule has 4 bridgehead atoms. The minimum absolute atomic E-state index is 0.0748. The third-order valence-electron chi connectivity index (χ3n) is 11.5. The number of ketones is 2. The Bertz CT molecular complexity index is 1220. The maximum absolute atomic E-state index is 14.1. The van der Waals surface area contributed by atoms with Gasteiger partial charge in [-0.3, -0.25) is 9.59 Å². The van der Waals surface area contributed by atoms with Crippen molar-refractivity contribution in [3.8, 4) is 0 Å². The van der Waals surface area contributed by atoms with Crippen LogP contribution in [0.1, 0.15) is 69.2 Å². The van der Waals surface area contributed by atoms with E-state index >= 15 is 0 Å². The summed E-state index contributed by atoms with van der Waals surface area (Å²) in [6.45, 7) is 19.7. The fourth-order valence-electron chi connectivity index (χ4n) is 8.93. The van der Waals surface area contributed by atoms with E-state index in [1.165, 1.54) is 0 Å². The molecule has 2 fully saturated rings. The minimum atomic E-state index is -3.29. The summed E-state index contributed by atoms with van der Waals surface area (Å²) in [6, 6.07) is 0. The van der Waals surface area contributed by atoms with E-state index in [1.54, 1.807) is 0 Å². The molecule has 4 aliphatic heterocycles. The highest BCUT2D eigenvalue weighted by Crippen LogP contribution is 2.59. The summed E-state index contributed by atoms with van der Waals surface area (Å²) in [7, 11) is -6.59. The van der Waals surface area contributed by atoms with E-state index in [2.05, 4.69) is 0 Å². The Morgan fingerprint density at radius 2 is 0.886 bits per heavy atom. The van der Waals surface area contributed by atoms with E-state index in [1.807, 2.05) is 69.2 Å². The highest BCUT2D eigenvalue weighted by Gasteiger charge is 2.70. The molecule has 2 saturated heterocycles. The van der Waals surface area contributed by atoms with Crippen LogP contribution in [0.4, 0.5) is 0 Å². The minimum Gasteiger partial charge on any atom is -0.410 e. The first-order valence-corrected chi connectivity index (χ1v) is 20.5. The van der Waals surface area contributed by atoms with Gasteiger partial charge in [0.15, 0.2) is 11.6 Å². The van der Waals surface area contributed by atoms with Crippen molar-refractivity contribution in [1.29, 1.82) is 0 Å². The molecule has 7 aliphatic rings. The van der Waals surface area contributed by atoms with Gasteiger partial charge in [0.25, 0.3) is 0 Å². The SMILES string of the molecule is CC(C)[Si](O)(O[C@H]1C2=C(C(=O)[C@@H]3O[C@@H]31)[C@@H]1[C@H]3C4=C([C@H](O[Si](O)(C(C)C)C(C)C)[C@H]5O[C@H]5C4=O)[C@H](O[C@@H]3C)[C@H]2O[C@@H]1C)C(C)C.